The number of fused-ring (bicyclic) bond motifs is 1. The number of unbranched alkanes of at least 4 members (excludes halogenated alkanes) is 8. The van der Waals surface area contributed by atoms with Crippen molar-refractivity contribution in [3.63, 3.8) is 0 Å². The van der Waals surface area contributed by atoms with E-state index in [0.717, 1.165) is 85.1 Å². The predicted octanol–water partition coefficient (Wildman–Crippen LogP) is 17.3. The number of benzene rings is 10. The number of ether oxygens (including phenoxy) is 8. The number of hydrogen-bond acceptors (Lipinski definition) is 12. The molecule has 4 amide bonds. The SMILES string of the molecule is O=C(CCCCC(=O)NCCOCCOCCOc1cccc2c(OCCOCCOCCNC(=O)CCCCC(=O)NCCCCCCOc3ccc(C(c4ccccc4)(c4ccccc4)c4ccccc4)cc3)cccc12)NCCCCCCOc1ccc(C(c2ccccc2)(c2ccccc2)c2ccccc2)cc1. The number of carbonyl (C=O) groups is 4. The molecule has 0 heterocycles. The van der Waals surface area contributed by atoms with Crippen molar-refractivity contribution in [2.75, 3.05) is 105 Å². The summed E-state index contributed by atoms with van der Waals surface area (Å²) in [6, 6.07) is 93.0. The lowest BCUT2D eigenvalue weighted by Gasteiger charge is -2.36. The number of amides is 4. The van der Waals surface area contributed by atoms with Crippen molar-refractivity contribution in [3.05, 3.63) is 311 Å². The lowest BCUT2D eigenvalue weighted by Crippen LogP contribution is -2.30. The Balaban J connectivity index is 0.468. The lowest BCUT2D eigenvalue weighted by molar-refractivity contribution is -0.123. The Morgan fingerprint density at radius 1 is 0.214 bits per heavy atom. The minimum Gasteiger partial charge on any atom is -0.494 e. The molecule has 0 saturated carbocycles. The van der Waals surface area contributed by atoms with E-state index in [4.69, 9.17) is 37.9 Å². The highest BCUT2D eigenvalue weighted by molar-refractivity contribution is 5.93. The first kappa shape index (κ1) is 83.8. The molecule has 0 aliphatic heterocycles. The van der Waals surface area contributed by atoms with Crippen molar-refractivity contribution in [1.82, 2.24) is 21.3 Å². The molecule has 10 rings (SSSR count). The third-order valence-electron chi connectivity index (χ3n) is 19.9. The first-order valence-electron chi connectivity index (χ1n) is 40.3. The summed E-state index contributed by atoms with van der Waals surface area (Å²) >= 11 is 0. The highest BCUT2D eigenvalue weighted by Crippen LogP contribution is 2.47. The predicted molar refractivity (Wildman–Crippen MR) is 445 cm³/mol. The zero-order valence-electron chi connectivity index (χ0n) is 64.9. The molecule has 0 radical (unpaired) electrons. The van der Waals surface area contributed by atoms with Crippen LogP contribution < -0.4 is 40.2 Å². The van der Waals surface area contributed by atoms with Gasteiger partial charge in [-0.05, 0) is 132 Å². The van der Waals surface area contributed by atoms with Gasteiger partial charge in [0.1, 0.15) is 36.2 Å². The summed E-state index contributed by atoms with van der Waals surface area (Å²) in [4.78, 5) is 49.8. The van der Waals surface area contributed by atoms with Gasteiger partial charge in [-0.1, -0.05) is 256 Å². The fourth-order valence-corrected chi connectivity index (χ4v) is 14.3. The van der Waals surface area contributed by atoms with E-state index in [1.165, 1.54) is 44.5 Å². The van der Waals surface area contributed by atoms with Gasteiger partial charge in [0.15, 0.2) is 0 Å². The Kier molecular flexibility index (Phi) is 36.1. The summed E-state index contributed by atoms with van der Waals surface area (Å²) in [5, 5.41) is 13.7. The molecule has 0 spiro atoms. The number of rotatable bonds is 54. The smallest absolute Gasteiger partial charge is 0.220 e. The summed E-state index contributed by atoms with van der Waals surface area (Å²) in [5.41, 5.74) is 8.58. The van der Waals surface area contributed by atoms with Gasteiger partial charge in [0.25, 0.3) is 0 Å². The van der Waals surface area contributed by atoms with Crippen LogP contribution in [0.15, 0.2) is 267 Å². The molecule has 0 aliphatic rings. The van der Waals surface area contributed by atoms with Crippen LogP contribution in [0.1, 0.15) is 147 Å². The molecule has 112 heavy (non-hydrogen) atoms. The minimum atomic E-state index is -0.491. The van der Waals surface area contributed by atoms with Crippen LogP contribution in [0, 0.1) is 0 Å². The summed E-state index contributed by atoms with van der Waals surface area (Å²) in [6.07, 6.45) is 11.8. The molecule has 16 nitrogen and oxygen atoms in total. The van der Waals surface area contributed by atoms with E-state index in [-0.39, 0.29) is 23.6 Å². The van der Waals surface area contributed by atoms with Crippen LogP contribution in [-0.2, 0) is 49.0 Å². The molecule has 0 aromatic heterocycles. The molecule has 0 atom stereocenters. The molecule has 10 aromatic carbocycles. The summed E-state index contributed by atoms with van der Waals surface area (Å²) in [7, 11) is 0. The van der Waals surface area contributed by atoms with Gasteiger partial charge in [0.2, 0.25) is 23.6 Å². The molecule has 4 N–H and O–H groups in total. The minimum absolute atomic E-state index is 0.0204. The van der Waals surface area contributed by atoms with Crippen LogP contribution >= 0.6 is 0 Å². The first-order valence-corrected chi connectivity index (χ1v) is 40.3. The number of carbonyl (C=O) groups excluding carboxylic acids is 4. The summed E-state index contributed by atoms with van der Waals surface area (Å²) < 4.78 is 47.4. The van der Waals surface area contributed by atoms with Crippen LogP contribution in [0.25, 0.3) is 10.8 Å². The number of nitrogens with one attached hydrogen (secondary N) is 4. The first-order chi connectivity index (χ1) is 55.3. The van der Waals surface area contributed by atoms with Gasteiger partial charge in [-0.3, -0.25) is 19.2 Å². The molecule has 16 heteroatoms. The quantitative estimate of drug-likeness (QED) is 0.0209. The maximum atomic E-state index is 12.5. The molecule has 0 unspecified atom stereocenters. The average Bonchev–Trinajstić information content (AvgIpc) is 0.741. The van der Waals surface area contributed by atoms with Crippen LogP contribution in [0.2, 0.25) is 0 Å². The van der Waals surface area contributed by atoms with Gasteiger partial charge < -0.3 is 59.2 Å². The van der Waals surface area contributed by atoms with Crippen molar-refractivity contribution < 1.29 is 57.1 Å². The molecular formula is C96H112N4O12. The van der Waals surface area contributed by atoms with E-state index >= 15 is 0 Å². The zero-order chi connectivity index (χ0) is 77.6. The van der Waals surface area contributed by atoms with E-state index < -0.39 is 10.8 Å². The Labute approximate surface area is 662 Å². The molecule has 0 saturated heterocycles. The third kappa shape index (κ3) is 26.3. The highest BCUT2D eigenvalue weighted by atomic mass is 16.6. The maximum Gasteiger partial charge on any atom is 0.220 e. The molecule has 588 valence electrons. The summed E-state index contributed by atoms with van der Waals surface area (Å²) in [6.45, 7) is 7.12. The van der Waals surface area contributed by atoms with E-state index in [2.05, 4.69) is 252 Å². The molecule has 0 fully saturated rings. The topological polar surface area (TPSA) is 190 Å². The second kappa shape index (κ2) is 48.2. The van der Waals surface area contributed by atoms with Gasteiger partial charge >= 0.3 is 0 Å². The van der Waals surface area contributed by atoms with Crippen molar-refractivity contribution in [2.45, 2.75) is 114 Å². The van der Waals surface area contributed by atoms with Gasteiger partial charge in [0, 0.05) is 62.6 Å². The van der Waals surface area contributed by atoms with Gasteiger partial charge in [-0.25, -0.2) is 0 Å². The standard InChI is InChI=1S/C96H112N4O12/c101-91(97-61-27-1-3-29-65-109-85-57-53-83(54-58-85)95(77-33-11-5-12-34-77,78-35-13-6-14-36-78)79-37-15-7-16-38-79)49-23-25-51-93(103)99-63-67-105-69-71-107-73-75-111-89-47-31-46-88-87(89)45-32-48-90(88)112-76-74-108-72-70-106-68-64-100-94(104)52-26-24-50-92(102)98-62-28-2-4-30-66-110-86-59-55-84(56-60-86)96(80-39-17-8-18-40-80,81-41-19-9-20-42-81)82-43-21-10-22-44-82/h5-22,31-48,53-60H,1-4,23-30,49-52,61-76H2,(H,97,101)(H,98,102)(H,99,103)(H,100,104). The van der Waals surface area contributed by atoms with Crippen LogP contribution in [0.4, 0.5) is 0 Å². The van der Waals surface area contributed by atoms with Crippen molar-refractivity contribution >= 4 is 34.4 Å². The Morgan fingerprint density at radius 2 is 0.473 bits per heavy atom. The van der Waals surface area contributed by atoms with E-state index in [1.807, 2.05) is 36.4 Å². The van der Waals surface area contributed by atoms with Crippen molar-refractivity contribution in [2.24, 2.45) is 0 Å². The Hall–Kier alpha value is -10.6. The Bertz CT molecular complexity index is 3820. The monoisotopic (exact) mass is 1510 g/mol. The van der Waals surface area contributed by atoms with E-state index in [1.54, 1.807) is 0 Å². The highest BCUT2D eigenvalue weighted by Gasteiger charge is 2.40. The second-order valence-corrected chi connectivity index (χ2v) is 27.8. The third-order valence-corrected chi connectivity index (χ3v) is 19.9. The maximum absolute atomic E-state index is 12.5. The van der Waals surface area contributed by atoms with Gasteiger partial charge in [-0.2, -0.15) is 0 Å². The fraction of sp³-hybridized carbons (Fsp3) is 0.354. The fourth-order valence-electron chi connectivity index (χ4n) is 14.3. The van der Waals surface area contributed by atoms with E-state index in [9.17, 15) is 19.2 Å². The van der Waals surface area contributed by atoms with Gasteiger partial charge in [-0.15, -0.1) is 0 Å². The Morgan fingerprint density at radius 3 is 0.777 bits per heavy atom. The van der Waals surface area contributed by atoms with Crippen molar-refractivity contribution in [1.29, 1.82) is 0 Å². The largest absolute Gasteiger partial charge is 0.494 e. The molecular weight excluding hydrogens is 1400 g/mol. The van der Waals surface area contributed by atoms with Crippen molar-refractivity contribution in [3.8, 4) is 23.0 Å². The van der Waals surface area contributed by atoms with Crippen LogP contribution in [0.5, 0.6) is 23.0 Å². The van der Waals surface area contributed by atoms with Crippen LogP contribution in [0.3, 0.4) is 0 Å². The summed E-state index contributed by atoms with van der Waals surface area (Å²) in [5.74, 6) is 3.08. The molecule has 0 bridgehead atoms. The second-order valence-electron chi connectivity index (χ2n) is 27.8. The zero-order valence-corrected chi connectivity index (χ0v) is 64.9. The average molecular weight is 1510 g/mol. The van der Waals surface area contributed by atoms with Gasteiger partial charge in [0.05, 0.1) is 76.9 Å². The van der Waals surface area contributed by atoms with E-state index in [0.29, 0.717) is 157 Å². The lowest BCUT2D eigenvalue weighted by atomic mass is 9.65. The molecule has 0 aliphatic carbocycles. The number of hydrogen-bond donors (Lipinski definition) is 4. The van der Waals surface area contributed by atoms with Crippen LogP contribution in [-0.4, -0.2) is 129 Å². The molecule has 10 aromatic rings. The normalized spacial score (nSPS) is 11.4.